The summed E-state index contributed by atoms with van der Waals surface area (Å²) in [5.41, 5.74) is 0. The Kier molecular flexibility index (Phi) is 5.92. The highest BCUT2D eigenvalue weighted by Gasteiger charge is 2.33. The monoisotopic (exact) mass is 365 g/mol. The SMILES string of the molecule is CC(C)CNC(=O)C(C)Sc1nnc(N2CCC(C)CC2)n1C1CC1. The number of aromatic nitrogens is 3. The summed E-state index contributed by atoms with van der Waals surface area (Å²) in [6, 6.07) is 0.512. The van der Waals surface area contributed by atoms with Crippen LogP contribution in [0.5, 0.6) is 0 Å². The molecule has 25 heavy (non-hydrogen) atoms. The highest BCUT2D eigenvalue weighted by atomic mass is 32.2. The first-order valence-corrected chi connectivity index (χ1v) is 10.5. The molecular formula is C18H31N5OS. The lowest BCUT2D eigenvalue weighted by Crippen LogP contribution is -2.35. The number of carbonyl (C=O) groups excluding carboxylic acids is 1. The van der Waals surface area contributed by atoms with Gasteiger partial charge in [0.1, 0.15) is 0 Å². The predicted molar refractivity (Wildman–Crippen MR) is 102 cm³/mol. The number of nitrogens with one attached hydrogen (secondary N) is 1. The minimum Gasteiger partial charge on any atom is -0.355 e. The van der Waals surface area contributed by atoms with Gasteiger partial charge in [0.05, 0.1) is 5.25 Å². The maximum Gasteiger partial charge on any atom is 0.233 e. The van der Waals surface area contributed by atoms with E-state index in [9.17, 15) is 4.79 Å². The highest BCUT2D eigenvalue weighted by molar-refractivity contribution is 8.00. The van der Waals surface area contributed by atoms with Crippen LogP contribution in [0.25, 0.3) is 0 Å². The van der Waals surface area contributed by atoms with E-state index < -0.39 is 0 Å². The number of hydrogen-bond donors (Lipinski definition) is 1. The number of carbonyl (C=O) groups is 1. The maximum atomic E-state index is 12.3. The van der Waals surface area contributed by atoms with Crippen LogP contribution < -0.4 is 10.2 Å². The first kappa shape index (κ1) is 18.5. The Balaban J connectivity index is 1.68. The predicted octanol–water partition coefficient (Wildman–Crippen LogP) is 3.10. The largest absolute Gasteiger partial charge is 0.355 e. The molecule has 140 valence electrons. The Labute approximate surface area is 155 Å². The van der Waals surface area contributed by atoms with Crippen molar-refractivity contribution < 1.29 is 4.79 Å². The zero-order valence-corrected chi connectivity index (χ0v) is 16.7. The van der Waals surface area contributed by atoms with Crippen molar-refractivity contribution in [2.45, 2.75) is 69.8 Å². The fourth-order valence-electron chi connectivity index (χ4n) is 3.09. The fourth-order valence-corrected chi connectivity index (χ4v) is 4.03. The van der Waals surface area contributed by atoms with Crippen molar-refractivity contribution in [3.8, 4) is 0 Å². The number of hydrogen-bond acceptors (Lipinski definition) is 5. The summed E-state index contributed by atoms with van der Waals surface area (Å²) in [5, 5.41) is 12.7. The van der Waals surface area contributed by atoms with Gasteiger partial charge in [0.25, 0.3) is 0 Å². The van der Waals surface area contributed by atoms with E-state index in [2.05, 4.69) is 45.8 Å². The molecule has 1 aromatic heterocycles. The van der Waals surface area contributed by atoms with E-state index in [4.69, 9.17) is 0 Å². The van der Waals surface area contributed by atoms with E-state index >= 15 is 0 Å². The van der Waals surface area contributed by atoms with E-state index in [0.717, 1.165) is 36.7 Å². The summed E-state index contributed by atoms with van der Waals surface area (Å²) in [7, 11) is 0. The molecule has 2 aliphatic rings. The van der Waals surface area contributed by atoms with Gasteiger partial charge in [-0.2, -0.15) is 0 Å². The summed E-state index contributed by atoms with van der Waals surface area (Å²) >= 11 is 1.53. The molecule has 0 spiro atoms. The van der Waals surface area contributed by atoms with Crippen LogP contribution in [0.2, 0.25) is 0 Å². The molecule has 1 aliphatic carbocycles. The van der Waals surface area contributed by atoms with Gasteiger partial charge in [-0.3, -0.25) is 9.36 Å². The highest BCUT2D eigenvalue weighted by Crippen LogP contribution is 2.42. The molecule has 6 nitrogen and oxygen atoms in total. The molecule has 1 N–H and O–H groups in total. The number of thioether (sulfide) groups is 1. The third kappa shape index (κ3) is 4.68. The van der Waals surface area contributed by atoms with Crippen LogP contribution in [0.15, 0.2) is 5.16 Å². The Hall–Kier alpha value is -1.24. The molecule has 3 rings (SSSR count). The van der Waals surface area contributed by atoms with Gasteiger partial charge in [0.15, 0.2) is 5.16 Å². The minimum atomic E-state index is -0.158. The average molecular weight is 366 g/mol. The van der Waals surface area contributed by atoms with Crippen LogP contribution in [-0.4, -0.2) is 45.6 Å². The van der Waals surface area contributed by atoms with E-state index in [1.54, 1.807) is 0 Å². The Bertz CT molecular complexity index is 590. The van der Waals surface area contributed by atoms with Gasteiger partial charge in [-0.15, -0.1) is 10.2 Å². The molecule has 2 heterocycles. The first-order valence-electron chi connectivity index (χ1n) is 9.60. The van der Waals surface area contributed by atoms with Crippen LogP contribution in [-0.2, 0) is 4.79 Å². The Morgan fingerprint density at radius 3 is 2.48 bits per heavy atom. The molecule has 1 atom stereocenters. The number of nitrogens with zero attached hydrogens (tertiary/aromatic N) is 4. The smallest absolute Gasteiger partial charge is 0.233 e. The van der Waals surface area contributed by atoms with Gasteiger partial charge in [-0.05, 0) is 44.4 Å². The van der Waals surface area contributed by atoms with E-state index in [-0.39, 0.29) is 11.2 Å². The summed E-state index contributed by atoms with van der Waals surface area (Å²) in [5.74, 6) is 2.35. The normalized spacial score (nSPS) is 20.1. The van der Waals surface area contributed by atoms with Crippen LogP contribution >= 0.6 is 11.8 Å². The quantitative estimate of drug-likeness (QED) is 0.752. The molecule has 0 bridgehead atoms. The molecule has 1 saturated carbocycles. The summed E-state index contributed by atoms with van der Waals surface area (Å²) in [6.45, 7) is 11.3. The van der Waals surface area contributed by atoms with Gasteiger partial charge in [0.2, 0.25) is 11.9 Å². The van der Waals surface area contributed by atoms with Crippen molar-refractivity contribution in [1.82, 2.24) is 20.1 Å². The van der Waals surface area contributed by atoms with Gasteiger partial charge in [0, 0.05) is 25.7 Å². The molecule has 2 fully saturated rings. The van der Waals surface area contributed by atoms with E-state index in [1.807, 2.05) is 6.92 Å². The number of anilines is 1. The van der Waals surface area contributed by atoms with Gasteiger partial charge in [-0.25, -0.2) is 0 Å². The van der Waals surface area contributed by atoms with Crippen molar-refractivity contribution in [2.75, 3.05) is 24.5 Å². The lowest BCUT2D eigenvalue weighted by Gasteiger charge is -2.31. The number of piperidine rings is 1. The van der Waals surface area contributed by atoms with Crippen molar-refractivity contribution in [3.05, 3.63) is 0 Å². The average Bonchev–Trinajstić information content (AvgIpc) is 3.34. The molecule has 0 aromatic carbocycles. The lowest BCUT2D eigenvalue weighted by atomic mass is 10.00. The number of rotatable bonds is 7. The molecule has 0 radical (unpaired) electrons. The summed E-state index contributed by atoms with van der Waals surface area (Å²) in [4.78, 5) is 14.7. The van der Waals surface area contributed by atoms with Crippen LogP contribution in [0.3, 0.4) is 0 Å². The van der Waals surface area contributed by atoms with Crippen molar-refractivity contribution in [1.29, 1.82) is 0 Å². The number of amides is 1. The molecular weight excluding hydrogens is 334 g/mol. The lowest BCUT2D eigenvalue weighted by molar-refractivity contribution is -0.120. The summed E-state index contributed by atoms with van der Waals surface area (Å²) in [6.07, 6.45) is 4.82. The standard InChI is InChI=1S/C18H31N5OS/c1-12(2)11-19-16(24)14(4)25-18-21-20-17(23(18)15-5-6-15)22-9-7-13(3)8-10-22/h12-15H,5-11H2,1-4H3,(H,19,24). The third-order valence-electron chi connectivity index (χ3n) is 4.96. The van der Waals surface area contributed by atoms with Crippen LogP contribution in [0, 0.1) is 11.8 Å². The van der Waals surface area contributed by atoms with E-state index in [0.29, 0.717) is 12.0 Å². The van der Waals surface area contributed by atoms with Gasteiger partial charge < -0.3 is 10.2 Å². The van der Waals surface area contributed by atoms with Crippen molar-refractivity contribution >= 4 is 23.6 Å². The second kappa shape index (κ2) is 7.98. The Morgan fingerprint density at radius 2 is 1.88 bits per heavy atom. The van der Waals surface area contributed by atoms with Gasteiger partial charge >= 0.3 is 0 Å². The van der Waals surface area contributed by atoms with E-state index in [1.165, 1.54) is 37.4 Å². The zero-order valence-electron chi connectivity index (χ0n) is 15.9. The zero-order chi connectivity index (χ0) is 18.0. The maximum absolute atomic E-state index is 12.3. The molecule has 1 amide bonds. The fraction of sp³-hybridized carbons (Fsp3) is 0.833. The van der Waals surface area contributed by atoms with Crippen LogP contribution in [0.4, 0.5) is 5.95 Å². The second-order valence-corrected chi connectivity index (χ2v) is 9.26. The van der Waals surface area contributed by atoms with Crippen LogP contribution in [0.1, 0.15) is 59.4 Å². The molecule has 1 saturated heterocycles. The minimum absolute atomic E-state index is 0.0809. The molecule has 7 heteroatoms. The topological polar surface area (TPSA) is 63.1 Å². The second-order valence-electron chi connectivity index (χ2n) is 7.95. The van der Waals surface area contributed by atoms with Crippen molar-refractivity contribution in [3.63, 3.8) is 0 Å². The summed E-state index contributed by atoms with van der Waals surface area (Å²) < 4.78 is 2.28. The first-order chi connectivity index (χ1) is 12.0. The Morgan fingerprint density at radius 1 is 1.20 bits per heavy atom. The van der Waals surface area contributed by atoms with Gasteiger partial charge in [-0.1, -0.05) is 32.5 Å². The molecule has 1 unspecified atom stereocenters. The third-order valence-corrected chi connectivity index (χ3v) is 6.02. The van der Waals surface area contributed by atoms with Crippen molar-refractivity contribution in [2.24, 2.45) is 11.8 Å². The molecule has 1 aliphatic heterocycles. The molecule has 1 aromatic rings.